The Balaban J connectivity index is 1.62. The lowest BCUT2D eigenvalue weighted by Gasteiger charge is -2.19. The lowest BCUT2D eigenvalue weighted by molar-refractivity contribution is -0.130. The molecular formula is C16H21N3O. The first-order valence-electron chi connectivity index (χ1n) is 7.38. The highest BCUT2D eigenvalue weighted by Gasteiger charge is 2.15. The number of hydrogen-bond donors (Lipinski definition) is 2. The van der Waals surface area contributed by atoms with Crippen LogP contribution in [0, 0.1) is 0 Å². The second-order valence-corrected chi connectivity index (χ2v) is 5.34. The number of fused-ring (bicyclic) bond motifs is 1. The lowest BCUT2D eigenvalue weighted by atomic mass is 10.1. The van der Waals surface area contributed by atoms with E-state index >= 15 is 0 Å². The minimum Gasteiger partial charge on any atom is -0.361 e. The molecule has 1 aliphatic heterocycles. The van der Waals surface area contributed by atoms with Gasteiger partial charge in [0, 0.05) is 43.2 Å². The van der Waals surface area contributed by atoms with Crippen LogP contribution in [-0.2, 0) is 11.2 Å². The van der Waals surface area contributed by atoms with Gasteiger partial charge in [-0.2, -0.15) is 0 Å². The summed E-state index contributed by atoms with van der Waals surface area (Å²) in [5.41, 5.74) is 2.39. The zero-order chi connectivity index (χ0) is 13.8. The molecule has 0 radical (unpaired) electrons. The van der Waals surface area contributed by atoms with Gasteiger partial charge in [0.05, 0.1) is 0 Å². The van der Waals surface area contributed by atoms with E-state index in [-0.39, 0.29) is 5.91 Å². The fraction of sp³-hybridized carbons (Fsp3) is 0.438. The minimum absolute atomic E-state index is 0.277. The van der Waals surface area contributed by atoms with Crippen LogP contribution in [0.2, 0.25) is 0 Å². The highest BCUT2D eigenvalue weighted by Crippen LogP contribution is 2.19. The van der Waals surface area contributed by atoms with E-state index in [1.54, 1.807) is 0 Å². The normalized spacial score (nSPS) is 16.3. The molecule has 0 aliphatic carbocycles. The zero-order valence-corrected chi connectivity index (χ0v) is 11.7. The van der Waals surface area contributed by atoms with Crippen LogP contribution in [0.4, 0.5) is 0 Å². The average Bonchev–Trinajstić information content (AvgIpc) is 2.70. The highest BCUT2D eigenvalue weighted by molar-refractivity contribution is 5.84. The predicted molar refractivity (Wildman–Crippen MR) is 80.7 cm³/mol. The Kier molecular flexibility index (Phi) is 4.02. The Morgan fingerprint density at radius 2 is 2.10 bits per heavy atom. The standard InChI is InChI=1S/C16H21N3O/c20-16(19-10-3-8-17-9-11-19)7-6-13-12-18-15-5-2-1-4-14(13)15/h1-2,4-5,12,17-18H,3,6-11H2. The van der Waals surface area contributed by atoms with Crippen molar-refractivity contribution in [2.45, 2.75) is 19.3 Å². The van der Waals surface area contributed by atoms with Gasteiger partial charge in [0.1, 0.15) is 0 Å². The van der Waals surface area contributed by atoms with E-state index in [9.17, 15) is 4.79 Å². The SMILES string of the molecule is O=C(CCc1c[nH]c2ccccc12)N1CCCNCC1. The highest BCUT2D eigenvalue weighted by atomic mass is 16.2. The van der Waals surface area contributed by atoms with Crippen LogP contribution >= 0.6 is 0 Å². The molecule has 4 heteroatoms. The molecule has 0 spiro atoms. The Hall–Kier alpha value is -1.81. The van der Waals surface area contributed by atoms with Crippen molar-refractivity contribution in [3.8, 4) is 0 Å². The number of aromatic amines is 1. The van der Waals surface area contributed by atoms with Crippen LogP contribution in [0.3, 0.4) is 0 Å². The largest absolute Gasteiger partial charge is 0.361 e. The van der Waals surface area contributed by atoms with Gasteiger partial charge < -0.3 is 15.2 Å². The number of amides is 1. The molecule has 1 aromatic carbocycles. The first-order valence-corrected chi connectivity index (χ1v) is 7.38. The van der Waals surface area contributed by atoms with Gasteiger partial charge in [-0.05, 0) is 31.0 Å². The molecule has 0 bridgehead atoms. The summed E-state index contributed by atoms with van der Waals surface area (Å²) < 4.78 is 0. The number of carbonyl (C=O) groups is 1. The predicted octanol–water partition coefficient (Wildman–Crippen LogP) is 1.92. The third-order valence-electron chi connectivity index (χ3n) is 3.98. The number of aryl methyl sites for hydroxylation is 1. The molecule has 0 unspecified atom stereocenters. The molecule has 4 nitrogen and oxygen atoms in total. The fourth-order valence-electron chi connectivity index (χ4n) is 2.83. The van der Waals surface area contributed by atoms with Gasteiger partial charge in [-0.1, -0.05) is 18.2 Å². The molecule has 1 saturated heterocycles. The molecule has 1 fully saturated rings. The Labute approximate surface area is 119 Å². The molecule has 2 aromatic rings. The molecule has 0 saturated carbocycles. The number of nitrogens with one attached hydrogen (secondary N) is 2. The van der Waals surface area contributed by atoms with Crippen LogP contribution in [0.15, 0.2) is 30.5 Å². The summed E-state index contributed by atoms with van der Waals surface area (Å²) in [5, 5.41) is 4.56. The average molecular weight is 271 g/mol. The quantitative estimate of drug-likeness (QED) is 0.896. The summed E-state index contributed by atoms with van der Waals surface area (Å²) in [6.07, 6.45) is 4.50. The molecule has 20 heavy (non-hydrogen) atoms. The third kappa shape index (κ3) is 2.85. The maximum Gasteiger partial charge on any atom is 0.222 e. The molecule has 106 valence electrons. The summed E-state index contributed by atoms with van der Waals surface area (Å²) in [6.45, 7) is 3.66. The van der Waals surface area contributed by atoms with Gasteiger partial charge in [0.15, 0.2) is 0 Å². The van der Waals surface area contributed by atoms with E-state index in [0.29, 0.717) is 6.42 Å². The summed E-state index contributed by atoms with van der Waals surface area (Å²) in [6, 6.07) is 8.25. The van der Waals surface area contributed by atoms with Crippen LogP contribution in [0.1, 0.15) is 18.4 Å². The Morgan fingerprint density at radius 1 is 1.20 bits per heavy atom. The molecule has 1 amide bonds. The van der Waals surface area contributed by atoms with E-state index in [0.717, 1.165) is 44.5 Å². The van der Waals surface area contributed by atoms with E-state index < -0.39 is 0 Å². The number of para-hydroxylation sites is 1. The lowest BCUT2D eigenvalue weighted by Crippen LogP contribution is -2.34. The van der Waals surface area contributed by atoms with Gasteiger partial charge in [-0.3, -0.25) is 4.79 Å². The number of rotatable bonds is 3. The summed E-state index contributed by atoms with van der Waals surface area (Å²) in [5.74, 6) is 0.277. The van der Waals surface area contributed by atoms with Gasteiger partial charge in [-0.25, -0.2) is 0 Å². The zero-order valence-electron chi connectivity index (χ0n) is 11.7. The van der Waals surface area contributed by atoms with Crippen molar-refractivity contribution in [3.63, 3.8) is 0 Å². The Morgan fingerprint density at radius 3 is 3.05 bits per heavy atom. The fourth-order valence-corrected chi connectivity index (χ4v) is 2.83. The maximum atomic E-state index is 12.3. The van der Waals surface area contributed by atoms with Crippen LogP contribution in [0.25, 0.3) is 10.9 Å². The van der Waals surface area contributed by atoms with Gasteiger partial charge in [0.2, 0.25) is 5.91 Å². The van der Waals surface area contributed by atoms with Crippen LogP contribution in [-0.4, -0.2) is 42.0 Å². The van der Waals surface area contributed by atoms with E-state index in [2.05, 4.69) is 22.4 Å². The first kappa shape index (κ1) is 13.2. The van der Waals surface area contributed by atoms with Crippen molar-refractivity contribution in [2.24, 2.45) is 0 Å². The number of H-pyrrole nitrogens is 1. The van der Waals surface area contributed by atoms with Gasteiger partial charge >= 0.3 is 0 Å². The topological polar surface area (TPSA) is 48.1 Å². The maximum absolute atomic E-state index is 12.3. The molecule has 2 N–H and O–H groups in total. The van der Waals surface area contributed by atoms with Crippen molar-refractivity contribution in [2.75, 3.05) is 26.2 Å². The monoisotopic (exact) mass is 271 g/mol. The molecule has 1 aliphatic rings. The molecule has 0 atom stereocenters. The minimum atomic E-state index is 0.277. The smallest absolute Gasteiger partial charge is 0.222 e. The van der Waals surface area contributed by atoms with Crippen LogP contribution < -0.4 is 5.32 Å². The van der Waals surface area contributed by atoms with Crippen molar-refractivity contribution < 1.29 is 4.79 Å². The van der Waals surface area contributed by atoms with E-state index in [1.807, 2.05) is 23.2 Å². The Bertz CT molecular complexity index is 582. The summed E-state index contributed by atoms with van der Waals surface area (Å²) in [7, 11) is 0. The third-order valence-corrected chi connectivity index (χ3v) is 3.98. The van der Waals surface area contributed by atoms with Crippen LogP contribution in [0.5, 0.6) is 0 Å². The summed E-state index contributed by atoms with van der Waals surface area (Å²) >= 11 is 0. The molecule has 1 aromatic heterocycles. The number of aromatic nitrogens is 1. The molecule has 2 heterocycles. The number of benzene rings is 1. The van der Waals surface area contributed by atoms with E-state index in [4.69, 9.17) is 0 Å². The second-order valence-electron chi connectivity index (χ2n) is 5.34. The van der Waals surface area contributed by atoms with Gasteiger partial charge in [0.25, 0.3) is 0 Å². The summed E-state index contributed by atoms with van der Waals surface area (Å²) in [4.78, 5) is 17.5. The molecular weight excluding hydrogens is 250 g/mol. The first-order chi connectivity index (χ1) is 9.84. The van der Waals surface area contributed by atoms with Gasteiger partial charge in [-0.15, -0.1) is 0 Å². The van der Waals surface area contributed by atoms with E-state index in [1.165, 1.54) is 10.9 Å². The number of carbonyl (C=O) groups excluding carboxylic acids is 1. The number of hydrogen-bond acceptors (Lipinski definition) is 2. The number of nitrogens with zero attached hydrogens (tertiary/aromatic N) is 1. The van der Waals surface area contributed by atoms with Crippen molar-refractivity contribution in [1.82, 2.24) is 15.2 Å². The van der Waals surface area contributed by atoms with Crippen molar-refractivity contribution in [1.29, 1.82) is 0 Å². The molecule has 3 rings (SSSR count). The van der Waals surface area contributed by atoms with Crippen molar-refractivity contribution in [3.05, 3.63) is 36.0 Å². The van der Waals surface area contributed by atoms with Crippen molar-refractivity contribution >= 4 is 16.8 Å². The second kappa shape index (κ2) is 6.09.